The van der Waals surface area contributed by atoms with Crippen LogP contribution in [0.3, 0.4) is 0 Å². The second kappa shape index (κ2) is 6.85. The number of rotatable bonds is 4. The third-order valence-electron chi connectivity index (χ3n) is 4.58. The third kappa shape index (κ3) is 3.15. The van der Waals surface area contributed by atoms with Gasteiger partial charge >= 0.3 is 5.69 Å². The summed E-state index contributed by atoms with van der Waals surface area (Å²) >= 11 is 0. The van der Waals surface area contributed by atoms with Crippen LogP contribution in [0.15, 0.2) is 39.9 Å². The van der Waals surface area contributed by atoms with Crippen molar-refractivity contribution in [2.75, 3.05) is 5.32 Å². The van der Waals surface area contributed by atoms with Gasteiger partial charge in [-0.3, -0.25) is 13.9 Å². The topological polar surface area (TPSA) is 89.1 Å². The summed E-state index contributed by atoms with van der Waals surface area (Å²) in [4.78, 5) is 24.4. The average molecular weight is 340 g/mol. The fourth-order valence-corrected chi connectivity index (χ4v) is 3.20. The maximum absolute atomic E-state index is 12.2. The summed E-state index contributed by atoms with van der Waals surface area (Å²) < 4.78 is 8.29. The van der Waals surface area contributed by atoms with Crippen LogP contribution >= 0.6 is 0 Å². The van der Waals surface area contributed by atoms with E-state index in [0.29, 0.717) is 0 Å². The highest BCUT2D eigenvalue weighted by molar-refractivity contribution is 5.52. The van der Waals surface area contributed by atoms with Gasteiger partial charge in [0.05, 0.1) is 6.04 Å². The van der Waals surface area contributed by atoms with Gasteiger partial charge in [0.1, 0.15) is 23.7 Å². The molecule has 1 saturated carbocycles. The second-order valence-corrected chi connectivity index (χ2v) is 6.19. The Bertz CT molecular complexity index is 924. The van der Waals surface area contributed by atoms with E-state index in [1.165, 1.54) is 11.6 Å². The van der Waals surface area contributed by atoms with Gasteiger partial charge in [0.25, 0.3) is 5.56 Å². The number of benzene rings is 1. The van der Waals surface area contributed by atoms with E-state index in [0.717, 1.165) is 29.6 Å². The average Bonchev–Trinajstić information content (AvgIpc) is 3.06. The summed E-state index contributed by atoms with van der Waals surface area (Å²) in [7, 11) is 2.92. The summed E-state index contributed by atoms with van der Waals surface area (Å²) in [6.07, 6.45) is 2.59. The van der Waals surface area contributed by atoms with Crippen LogP contribution in [0.4, 0.5) is 5.82 Å². The highest BCUT2D eigenvalue weighted by Crippen LogP contribution is 2.27. The minimum absolute atomic E-state index is 0.0602. The van der Waals surface area contributed by atoms with Gasteiger partial charge in [-0.05, 0) is 31.4 Å². The highest BCUT2D eigenvalue weighted by atomic mass is 16.5. The summed E-state index contributed by atoms with van der Waals surface area (Å²) in [6, 6.07) is 11.4. The highest BCUT2D eigenvalue weighted by Gasteiger charge is 2.31. The number of hydrogen-bond acceptors (Lipinski definition) is 5. The number of hydrogen-bond donors (Lipinski definition) is 1. The molecule has 0 spiro atoms. The summed E-state index contributed by atoms with van der Waals surface area (Å²) in [6.45, 7) is 0. The lowest BCUT2D eigenvalue weighted by Gasteiger charge is -2.24. The van der Waals surface area contributed by atoms with Gasteiger partial charge in [0.15, 0.2) is 5.56 Å². The molecular weight excluding hydrogens is 320 g/mol. The molecule has 25 heavy (non-hydrogen) atoms. The molecule has 7 heteroatoms. The molecule has 3 rings (SSSR count). The normalized spacial score (nSPS) is 19.4. The number of nitriles is 1. The largest absolute Gasteiger partial charge is 0.488 e. The molecule has 130 valence electrons. The van der Waals surface area contributed by atoms with Crippen LogP contribution < -0.4 is 21.3 Å². The van der Waals surface area contributed by atoms with Crippen LogP contribution in [0.2, 0.25) is 0 Å². The van der Waals surface area contributed by atoms with Crippen molar-refractivity contribution in [3.05, 3.63) is 56.7 Å². The Kier molecular flexibility index (Phi) is 4.61. The Morgan fingerprint density at radius 3 is 2.56 bits per heavy atom. The van der Waals surface area contributed by atoms with Crippen molar-refractivity contribution >= 4 is 5.82 Å². The Morgan fingerprint density at radius 1 is 1.16 bits per heavy atom. The number of para-hydroxylation sites is 1. The van der Waals surface area contributed by atoms with Gasteiger partial charge in [-0.2, -0.15) is 5.26 Å². The number of nitrogens with one attached hydrogen (secondary N) is 1. The molecule has 2 aromatic rings. The maximum Gasteiger partial charge on any atom is 0.332 e. The monoisotopic (exact) mass is 340 g/mol. The molecule has 0 saturated heterocycles. The molecule has 0 aliphatic heterocycles. The minimum atomic E-state index is -0.591. The SMILES string of the molecule is Cn1c(N[C@@H]2CCC[C@@H]2Oc2ccccc2)c(C#N)c(=O)n(C)c1=O. The van der Waals surface area contributed by atoms with Crippen molar-refractivity contribution in [1.82, 2.24) is 9.13 Å². The van der Waals surface area contributed by atoms with Crippen molar-refractivity contribution in [2.45, 2.75) is 31.4 Å². The van der Waals surface area contributed by atoms with Crippen LogP contribution in [-0.2, 0) is 14.1 Å². The van der Waals surface area contributed by atoms with Crippen LogP contribution in [-0.4, -0.2) is 21.3 Å². The molecule has 0 unspecified atom stereocenters. The number of ether oxygens (including phenoxy) is 1. The molecular formula is C18H20N4O3. The first-order chi connectivity index (χ1) is 12.0. The van der Waals surface area contributed by atoms with Crippen molar-refractivity contribution in [3.63, 3.8) is 0 Å². The van der Waals surface area contributed by atoms with Crippen molar-refractivity contribution in [2.24, 2.45) is 14.1 Å². The molecule has 0 amide bonds. The first kappa shape index (κ1) is 16.8. The molecule has 0 bridgehead atoms. The molecule has 2 atom stereocenters. The molecule has 1 aromatic carbocycles. The van der Waals surface area contributed by atoms with Crippen LogP contribution in [0.1, 0.15) is 24.8 Å². The Labute approximate surface area is 145 Å². The minimum Gasteiger partial charge on any atom is -0.488 e. The van der Waals surface area contributed by atoms with Crippen molar-refractivity contribution in [1.29, 1.82) is 5.26 Å². The van der Waals surface area contributed by atoms with Gasteiger partial charge in [0, 0.05) is 14.1 Å². The number of aromatic nitrogens is 2. The lowest BCUT2D eigenvalue weighted by molar-refractivity contribution is 0.198. The number of anilines is 1. The zero-order valence-electron chi connectivity index (χ0n) is 14.2. The van der Waals surface area contributed by atoms with E-state index in [9.17, 15) is 14.9 Å². The second-order valence-electron chi connectivity index (χ2n) is 6.19. The van der Waals surface area contributed by atoms with Gasteiger partial charge in [-0.15, -0.1) is 0 Å². The fourth-order valence-electron chi connectivity index (χ4n) is 3.20. The first-order valence-electron chi connectivity index (χ1n) is 8.21. The van der Waals surface area contributed by atoms with E-state index < -0.39 is 11.2 Å². The zero-order valence-corrected chi connectivity index (χ0v) is 14.2. The molecule has 1 heterocycles. The standard InChI is InChI=1S/C18H20N4O3/c1-21-16(13(11-19)17(23)22(2)18(21)24)20-14-9-6-10-15(14)25-12-7-4-3-5-8-12/h3-5,7-8,14-15,20H,6,9-10H2,1-2H3/t14-,15+/m1/s1. The lowest BCUT2D eigenvalue weighted by atomic mass is 10.2. The summed E-state index contributed by atoms with van der Waals surface area (Å²) in [5.74, 6) is 1.03. The van der Waals surface area contributed by atoms with Crippen LogP contribution in [0.25, 0.3) is 0 Å². The smallest absolute Gasteiger partial charge is 0.332 e. The molecule has 1 N–H and O–H groups in total. The Balaban J connectivity index is 1.90. The van der Waals surface area contributed by atoms with Gasteiger partial charge in [-0.25, -0.2) is 4.79 Å². The van der Waals surface area contributed by atoms with E-state index in [4.69, 9.17) is 4.74 Å². The van der Waals surface area contributed by atoms with Gasteiger partial charge in [0.2, 0.25) is 0 Å². The maximum atomic E-state index is 12.2. The lowest BCUT2D eigenvalue weighted by Crippen LogP contribution is -2.42. The third-order valence-corrected chi connectivity index (χ3v) is 4.58. The van der Waals surface area contributed by atoms with Crippen molar-refractivity contribution in [3.8, 4) is 11.8 Å². The van der Waals surface area contributed by atoms with E-state index in [1.807, 2.05) is 36.4 Å². The molecule has 1 aliphatic carbocycles. The Hall–Kier alpha value is -3.01. The van der Waals surface area contributed by atoms with E-state index in [1.54, 1.807) is 7.05 Å². The van der Waals surface area contributed by atoms with Gasteiger partial charge < -0.3 is 10.1 Å². The van der Waals surface area contributed by atoms with Crippen LogP contribution in [0, 0.1) is 11.3 Å². The van der Waals surface area contributed by atoms with Crippen LogP contribution in [0.5, 0.6) is 5.75 Å². The number of nitrogens with zero attached hydrogens (tertiary/aromatic N) is 3. The zero-order chi connectivity index (χ0) is 18.0. The quantitative estimate of drug-likeness (QED) is 0.908. The molecule has 0 radical (unpaired) electrons. The molecule has 1 aromatic heterocycles. The molecule has 1 fully saturated rings. The van der Waals surface area contributed by atoms with E-state index in [2.05, 4.69) is 5.32 Å². The Morgan fingerprint density at radius 2 is 1.88 bits per heavy atom. The predicted molar refractivity (Wildman–Crippen MR) is 93.8 cm³/mol. The summed E-state index contributed by atoms with van der Waals surface area (Å²) in [5.41, 5.74) is -1.12. The molecule has 1 aliphatic rings. The van der Waals surface area contributed by atoms with E-state index >= 15 is 0 Å². The fraction of sp³-hybridized carbons (Fsp3) is 0.389. The van der Waals surface area contributed by atoms with E-state index in [-0.39, 0.29) is 23.5 Å². The van der Waals surface area contributed by atoms with Crippen molar-refractivity contribution < 1.29 is 4.74 Å². The molecule has 7 nitrogen and oxygen atoms in total. The first-order valence-corrected chi connectivity index (χ1v) is 8.21. The summed E-state index contributed by atoms with van der Waals surface area (Å²) in [5, 5.41) is 12.6. The van der Waals surface area contributed by atoms with Gasteiger partial charge in [-0.1, -0.05) is 18.2 Å². The predicted octanol–water partition coefficient (Wildman–Crippen LogP) is 1.37.